The molecule has 39 heavy (non-hydrogen) atoms. The number of hydrogen-bond acceptors (Lipinski definition) is 8. The van der Waals surface area contributed by atoms with Crippen molar-refractivity contribution >= 4 is 22.8 Å². The molecular formula is C29H31N7O3. The van der Waals surface area contributed by atoms with Gasteiger partial charge in [0.15, 0.2) is 5.65 Å². The molecule has 2 aromatic heterocycles. The van der Waals surface area contributed by atoms with E-state index in [1.54, 1.807) is 6.08 Å². The molecule has 0 bridgehead atoms. The third-order valence-electron chi connectivity index (χ3n) is 7.10. The Labute approximate surface area is 226 Å². The molecule has 1 atom stereocenters. The first kappa shape index (κ1) is 25.0. The zero-order valence-electron chi connectivity index (χ0n) is 21.6. The van der Waals surface area contributed by atoms with E-state index in [1.165, 1.54) is 6.33 Å². The zero-order chi connectivity index (χ0) is 26.6. The Kier molecular flexibility index (Phi) is 7.20. The molecule has 2 saturated heterocycles. The number of hydrogen-bond donors (Lipinski definition) is 2. The van der Waals surface area contributed by atoms with Gasteiger partial charge >= 0.3 is 0 Å². The van der Waals surface area contributed by atoms with Crippen LogP contribution in [-0.4, -0.2) is 69.4 Å². The minimum absolute atomic E-state index is 0.00573. The quantitative estimate of drug-likeness (QED) is 0.335. The number of nitrogen functional groups attached to an aromatic ring is 1. The summed E-state index contributed by atoms with van der Waals surface area (Å²) in [5.74, 6) is 1.88. The van der Waals surface area contributed by atoms with Gasteiger partial charge in [-0.2, -0.15) is 5.10 Å². The fourth-order valence-corrected chi connectivity index (χ4v) is 4.97. The largest absolute Gasteiger partial charge is 0.457 e. The SMILES string of the molecule is Nc1ncnc2c1c(-c1ccc(Oc3ccccc3)cc1)nn2C1CCCN(C(=O)/C=C/CNC2COC2)C1. The maximum Gasteiger partial charge on any atom is 0.246 e. The molecule has 0 radical (unpaired) electrons. The van der Waals surface area contributed by atoms with Crippen LogP contribution < -0.4 is 15.8 Å². The van der Waals surface area contributed by atoms with Crippen molar-refractivity contribution in [3.8, 4) is 22.8 Å². The van der Waals surface area contributed by atoms with E-state index < -0.39 is 0 Å². The Morgan fingerprint density at radius 1 is 1.10 bits per heavy atom. The van der Waals surface area contributed by atoms with Crippen LogP contribution in [0.4, 0.5) is 5.82 Å². The van der Waals surface area contributed by atoms with Crippen molar-refractivity contribution in [3.63, 3.8) is 0 Å². The van der Waals surface area contributed by atoms with Crippen LogP contribution in [0.15, 0.2) is 73.1 Å². The molecule has 4 heterocycles. The van der Waals surface area contributed by atoms with Gasteiger partial charge in [-0.25, -0.2) is 14.6 Å². The molecule has 1 amide bonds. The van der Waals surface area contributed by atoms with Gasteiger partial charge < -0.3 is 25.4 Å². The zero-order valence-corrected chi connectivity index (χ0v) is 21.6. The van der Waals surface area contributed by atoms with Crippen LogP contribution in [0, 0.1) is 0 Å². The van der Waals surface area contributed by atoms with Crippen molar-refractivity contribution < 1.29 is 14.3 Å². The number of rotatable bonds is 8. The van der Waals surface area contributed by atoms with Crippen LogP contribution in [0.5, 0.6) is 11.5 Å². The van der Waals surface area contributed by atoms with Gasteiger partial charge in [0.25, 0.3) is 0 Å². The molecule has 3 N–H and O–H groups in total. The average Bonchev–Trinajstić information content (AvgIpc) is 3.34. The number of likely N-dealkylation sites (tertiary alicyclic amines) is 1. The molecule has 10 heteroatoms. The summed E-state index contributed by atoms with van der Waals surface area (Å²) < 4.78 is 13.0. The van der Waals surface area contributed by atoms with Gasteiger partial charge in [-0.1, -0.05) is 24.3 Å². The van der Waals surface area contributed by atoms with E-state index in [4.69, 9.17) is 20.3 Å². The number of amides is 1. The minimum atomic E-state index is -0.0208. The van der Waals surface area contributed by atoms with Crippen LogP contribution in [0.1, 0.15) is 18.9 Å². The predicted octanol–water partition coefficient (Wildman–Crippen LogP) is 3.58. The van der Waals surface area contributed by atoms with Crippen molar-refractivity contribution in [2.75, 3.05) is 38.6 Å². The van der Waals surface area contributed by atoms with Crippen LogP contribution in [0.25, 0.3) is 22.3 Å². The van der Waals surface area contributed by atoms with Gasteiger partial charge in [0, 0.05) is 31.3 Å². The second kappa shape index (κ2) is 11.2. The predicted molar refractivity (Wildman–Crippen MR) is 148 cm³/mol. The first-order valence-corrected chi connectivity index (χ1v) is 13.2. The van der Waals surface area contributed by atoms with Crippen molar-refractivity contribution in [2.24, 2.45) is 0 Å². The third-order valence-corrected chi connectivity index (χ3v) is 7.10. The molecule has 2 aromatic carbocycles. The Hall–Kier alpha value is -4.28. The Bertz CT molecular complexity index is 1470. The highest BCUT2D eigenvalue weighted by molar-refractivity contribution is 5.98. The molecule has 200 valence electrons. The van der Waals surface area contributed by atoms with E-state index in [2.05, 4.69) is 15.3 Å². The Morgan fingerprint density at radius 3 is 2.67 bits per heavy atom. The van der Waals surface area contributed by atoms with Crippen LogP contribution in [0.3, 0.4) is 0 Å². The number of carbonyl (C=O) groups excluding carboxylic acids is 1. The van der Waals surface area contributed by atoms with E-state index in [0.717, 1.165) is 49.7 Å². The summed E-state index contributed by atoms with van der Waals surface area (Å²) in [6, 6.07) is 17.8. The summed E-state index contributed by atoms with van der Waals surface area (Å²) in [4.78, 5) is 23.6. The summed E-state index contributed by atoms with van der Waals surface area (Å²) >= 11 is 0. The first-order valence-electron chi connectivity index (χ1n) is 13.2. The van der Waals surface area contributed by atoms with Crippen molar-refractivity contribution in [2.45, 2.75) is 24.9 Å². The molecule has 2 aliphatic heterocycles. The molecule has 6 rings (SSSR count). The lowest BCUT2D eigenvalue weighted by molar-refractivity contribution is -0.127. The van der Waals surface area contributed by atoms with Crippen LogP contribution in [0.2, 0.25) is 0 Å². The fourth-order valence-electron chi connectivity index (χ4n) is 4.97. The van der Waals surface area contributed by atoms with Gasteiger partial charge in [-0.15, -0.1) is 0 Å². The number of para-hydroxylation sites is 1. The number of anilines is 1. The second-order valence-electron chi connectivity index (χ2n) is 9.82. The maximum atomic E-state index is 12.9. The van der Waals surface area contributed by atoms with Gasteiger partial charge in [-0.05, 0) is 49.2 Å². The molecule has 1 unspecified atom stereocenters. The summed E-state index contributed by atoms with van der Waals surface area (Å²) in [5, 5.41) is 9.03. The summed E-state index contributed by atoms with van der Waals surface area (Å²) in [7, 11) is 0. The number of nitrogens with zero attached hydrogens (tertiary/aromatic N) is 5. The molecule has 2 aliphatic rings. The molecule has 0 spiro atoms. The van der Waals surface area contributed by atoms with E-state index >= 15 is 0 Å². The normalized spacial score (nSPS) is 17.9. The summed E-state index contributed by atoms with van der Waals surface area (Å²) in [6.45, 7) is 3.38. The number of aromatic nitrogens is 4. The van der Waals surface area contributed by atoms with E-state index in [-0.39, 0.29) is 11.9 Å². The maximum absolute atomic E-state index is 12.9. The number of carbonyl (C=O) groups is 1. The Morgan fingerprint density at radius 2 is 1.90 bits per heavy atom. The summed E-state index contributed by atoms with van der Waals surface area (Å²) in [6.07, 6.45) is 6.77. The molecule has 0 aliphatic carbocycles. The number of piperidine rings is 1. The molecule has 4 aromatic rings. The smallest absolute Gasteiger partial charge is 0.246 e. The fraction of sp³-hybridized carbons (Fsp3) is 0.310. The van der Waals surface area contributed by atoms with E-state index in [0.29, 0.717) is 41.7 Å². The highest BCUT2D eigenvalue weighted by Gasteiger charge is 2.28. The van der Waals surface area contributed by atoms with Gasteiger partial charge in [0.1, 0.15) is 29.3 Å². The van der Waals surface area contributed by atoms with Crippen LogP contribution in [-0.2, 0) is 9.53 Å². The first-order chi connectivity index (χ1) is 19.2. The van der Waals surface area contributed by atoms with Crippen molar-refractivity contribution in [1.82, 2.24) is 30.0 Å². The molecule has 2 fully saturated rings. The number of ether oxygens (including phenoxy) is 2. The monoisotopic (exact) mass is 525 g/mol. The van der Waals surface area contributed by atoms with E-state index in [1.807, 2.05) is 70.3 Å². The second-order valence-corrected chi connectivity index (χ2v) is 9.82. The topological polar surface area (TPSA) is 120 Å². The number of fused-ring (bicyclic) bond motifs is 1. The van der Waals surface area contributed by atoms with Crippen LogP contribution >= 0.6 is 0 Å². The standard InChI is InChI=1S/C29H31N7O3/c30-28-26-27(20-10-12-24(13-11-20)39-23-7-2-1-3-8-23)34-36(29(26)33-19-32-28)22-6-5-15-35(16-22)25(37)9-4-14-31-21-17-38-18-21/h1-4,7-13,19,21-22,31H,5-6,14-18H2,(H2,30,32,33)/b9-4+. The third kappa shape index (κ3) is 5.47. The number of nitrogens with one attached hydrogen (secondary N) is 1. The molecule has 10 nitrogen and oxygen atoms in total. The lowest BCUT2D eigenvalue weighted by Crippen LogP contribution is -2.46. The van der Waals surface area contributed by atoms with Gasteiger partial charge in [-0.3, -0.25) is 4.79 Å². The molecule has 0 saturated carbocycles. The highest BCUT2D eigenvalue weighted by atomic mass is 16.5. The highest BCUT2D eigenvalue weighted by Crippen LogP contribution is 2.34. The van der Waals surface area contributed by atoms with Crippen molar-refractivity contribution in [3.05, 3.63) is 73.1 Å². The van der Waals surface area contributed by atoms with Gasteiger partial charge in [0.2, 0.25) is 5.91 Å². The van der Waals surface area contributed by atoms with E-state index in [9.17, 15) is 4.79 Å². The average molecular weight is 526 g/mol. The summed E-state index contributed by atoms with van der Waals surface area (Å²) in [5.41, 5.74) is 8.60. The minimum Gasteiger partial charge on any atom is -0.457 e. The lowest BCUT2D eigenvalue weighted by Gasteiger charge is -2.32. The number of benzene rings is 2. The van der Waals surface area contributed by atoms with Crippen molar-refractivity contribution in [1.29, 1.82) is 0 Å². The van der Waals surface area contributed by atoms with Gasteiger partial charge in [0.05, 0.1) is 30.7 Å². The number of nitrogens with two attached hydrogens (primary N) is 1. The lowest BCUT2D eigenvalue weighted by atomic mass is 10.1. The molecular weight excluding hydrogens is 494 g/mol. The Balaban J connectivity index is 1.21.